The Morgan fingerprint density at radius 1 is 1.38 bits per heavy atom. The summed E-state index contributed by atoms with van der Waals surface area (Å²) in [5.41, 5.74) is 0.354. The number of benzene rings is 1. The van der Waals surface area contributed by atoms with Gasteiger partial charge in [0.15, 0.2) is 0 Å². The minimum Gasteiger partial charge on any atom is -0.478 e. The molecule has 21 heavy (non-hydrogen) atoms. The maximum atomic E-state index is 12.3. The Balaban J connectivity index is 2.13. The summed E-state index contributed by atoms with van der Waals surface area (Å²) >= 11 is 3.28. The van der Waals surface area contributed by atoms with Gasteiger partial charge in [-0.25, -0.2) is 9.59 Å². The first-order valence-electron chi connectivity index (χ1n) is 6.77. The number of urea groups is 1. The van der Waals surface area contributed by atoms with Crippen molar-refractivity contribution in [3.05, 3.63) is 28.2 Å². The SMILES string of the molecule is CN(C(=O)Nc1c(Br)cccc1C(=O)O)C1CCNCC1. The molecule has 0 atom stereocenters. The number of rotatable bonds is 3. The van der Waals surface area contributed by atoms with Gasteiger partial charge in [0, 0.05) is 17.6 Å². The van der Waals surface area contributed by atoms with Gasteiger partial charge >= 0.3 is 12.0 Å². The summed E-state index contributed by atoms with van der Waals surface area (Å²) in [6.45, 7) is 1.77. The molecule has 1 aliphatic heterocycles. The molecule has 6 nitrogen and oxygen atoms in total. The molecule has 114 valence electrons. The maximum absolute atomic E-state index is 12.3. The maximum Gasteiger partial charge on any atom is 0.337 e. The first-order chi connectivity index (χ1) is 10.0. The van der Waals surface area contributed by atoms with Gasteiger partial charge in [-0.3, -0.25) is 0 Å². The second kappa shape index (κ2) is 6.91. The molecule has 0 bridgehead atoms. The number of nitrogens with zero attached hydrogens (tertiary/aromatic N) is 1. The molecule has 1 saturated heterocycles. The van der Waals surface area contributed by atoms with Crippen LogP contribution in [0.3, 0.4) is 0 Å². The van der Waals surface area contributed by atoms with Gasteiger partial charge in [-0.2, -0.15) is 0 Å². The summed E-state index contributed by atoms with van der Waals surface area (Å²) < 4.78 is 0.550. The first kappa shape index (κ1) is 15.8. The predicted molar refractivity (Wildman–Crippen MR) is 83.8 cm³/mol. The Morgan fingerprint density at radius 3 is 2.67 bits per heavy atom. The summed E-state index contributed by atoms with van der Waals surface area (Å²) in [6, 6.07) is 4.66. The van der Waals surface area contributed by atoms with Gasteiger partial charge in [0.25, 0.3) is 0 Å². The second-order valence-corrected chi connectivity index (χ2v) is 5.84. The van der Waals surface area contributed by atoms with Crippen molar-refractivity contribution in [3.63, 3.8) is 0 Å². The van der Waals surface area contributed by atoms with Crippen molar-refractivity contribution in [3.8, 4) is 0 Å². The van der Waals surface area contributed by atoms with E-state index in [0.717, 1.165) is 25.9 Å². The lowest BCUT2D eigenvalue weighted by Crippen LogP contribution is -2.45. The molecule has 0 saturated carbocycles. The van der Waals surface area contributed by atoms with Crippen LogP contribution in [0, 0.1) is 0 Å². The number of carboxylic acids is 1. The molecule has 0 aliphatic carbocycles. The number of hydrogen-bond donors (Lipinski definition) is 3. The summed E-state index contributed by atoms with van der Waals surface area (Å²) in [7, 11) is 1.74. The highest BCUT2D eigenvalue weighted by Gasteiger charge is 2.23. The van der Waals surface area contributed by atoms with E-state index >= 15 is 0 Å². The van der Waals surface area contributed by atoms with Crippen LogP contribution in [-0.4, -0.2) is 48.2 Å². The van der Waals surface area contributed by atoms with E-state index < -0.39 is 5.97 Å². The average Bonchev–Trinajstić information content (AvgIpc) is 2.49. The highest BCUT2D eigenvalue weighted by atomic mass is 79.9. The number of piperidine rings is 1. The number of aromatic carboxylic acids is 1. The van der Waals surface area contributed by atoms with Crippen LogP contribution < -0.4 is 10.6 Å². The van der Waals surface area contributed by atoms with Gasteiger partial charge in [0.1, 0.15) is 0 Å². The summed E-state index contributed by atoms with van der Waals surface area (Å²) in [5.74, 6) is -1.07. The lowest BCUT2D eigenvalue weighted by atomic mass is 10.1. The lowest BCUT2D eigenvalue weighted by molar-refractivity contribution is 0.0698. The fourth-order valence-electron chi connectivity index (χ4n) is 2.38. The number of amides is 2. The van der Waals surface area contributed by atoms with Crippen LogP contribution in [0.5, 0.6) is 0 Å². The monoisotopic (exact) mass is 355 g/mol. The summed E-state index contributed by atoms with van der Waals surface area (Å²) in [5, 5.41) is 15.1. The second-order valence-electron chi connectivity index (χ2n) is 4.99. The van der Waals surface area contributed by atoms with Crippen molar-refractivity contribution in [2.24, 2.45) is 0 Å². The predicted octanol–water partition coefficient (Wildman–Crippen LogP) is 2.36. The van der Waals surface area contributed by atoms with Crippen molar-refractivity contribution in [2.75, 3.05) is 25.5 Å². The highest BCUT2D eigenvalue weighted by molar-refractivity contribution is 9.10. The third-order valence-electron chi connectivity index (χ3n) is 3.65. The van der Waals surface area contributed by atoms with Crippen LogP contribution in [0.2, 0.25) is 0 Å². The zero-order valence-corrected chi connectivity index (χ0v) is 13.3. The third-order valence-corrected chi connectivity index (χ3v) is 4.31. The van der Waals surface area contributed by atoms with E-state index in [2.05, 4.69) is 26.6 Å². The third kappa shape index (κ3) is 3.74. The highest BCUT2D eigenvalue weighted by Crippen LogP contribution is 2.27. The molecule has 0 unspecified atom stereocenters. The number of nitrogens with one attached hydrogen (secondary N) is 2. The molecule has 0 aromatic heterocycles. The quantitative estimate of drug-likeness (QED) is 0.777. The Bertz CT molecular complexity index is 544. The molecule has 0 spiro atoms. The average molecular weight is 356 g/mol. The van der Waals surface area contributed by atoms with Crippen molar-refractivity contribution in [2.45, 2.75) is 18.9 Å². The lowest BCUT2D eigenvalue weighted by Gasteiger charge is -2.31. The van der Waals surface area contributed by atoms with Crippen LogP contribution in [0.4, 0.5) is 10.5 Å². The van der Waals surface area contributed by atoms with E-state index in [1.165, 1.54) is 6.07 Å². The number of anilines is 1. The van der Waals surface area contributed by atoms with Gasteiger partial charge in [-0.15, -0.1) is 0 Å². The van der Waals surface area contributed by atoms with Crippen molar-refractivity contribution >= 4 is 33.6 Å². The summed E-state index contributed by atoms with van der Waals surface area (Å²) in [6.07, 6.45) is 1.79. The molecule has 1 fully saturated rings. The Hall–Kier alpha value is -1.60. The van der Waals surface area contributed by atoms with Crippen molar-refractivity contribution in [1.29, 1.82) is 0 Å². The fraction of sp³-hybridized carbons (Fsp3) is 0.429. The molecule has 0 radical (unpaired) electrons. The number of para-hydroxylation sites is 1. The molecule has 1 aliphatic rings. The molecule has 2 amide bonds. The molecule has 7 heteroatoms. The smallest absolute Gasteiger partial charge is 0.337 e. The van der Waals surface area contributed by atoms with E-state index in [1.807, 2.05) is 0 Å². The van der Waals surface area contributed by atoms with E-state index in [-0.39, 0.29) is 23.3 Å². The first-order valence-corrected chi connectivity index (χ1v) is 7.56. The fourth-order valence-corrected chi connectivity index (χ4v) is 2.85. The molecule has 1 aromatic rings. The number of carbonyl (C=O) groups is 2. The van der Waals surface area contributed by atoms with Crippen molar-refractivity contribution < 1.29 is 14.7 Å². The molecule has 1 aromatic carbocycles. The summed E-state index contributed by atoms with van der Waals surface area (Å²) in [4.78, 5) is 25.2. The Labute approximate surface area is 131 Å². The minimum absolute atomic E-state index is 0.0661. The Morgan fingerprint density at radius 2 is 2.05 bits per heavy atom. The van der Waals surface area contributed by atoms with E-state index in [9.17, 15) is 14.7 Å². The van der Waals surface area contributed by atoms with E-state index in [4.69, 9.17) is 0 Å². The molecule has 2 rings (SSSR count). The zero-order valence-electron chi connectivity index (χ0n) is 11.7. The zero-order chi connectivity index (χ0) is 15.4. The number of hydrogen-bond acceptors (Lipinski definition) is 3. The number of carbonyl (C=O) groups excluding carboxylic acids is 1. The Kier molecular flexibility index (Phi) is 5.19. The van der Waals surface area contributed by atoms with E-state index in [1.54, 1.807) is 24.1 Å². The number of carboxylic acid groups (broad SMARTS) is 1. The molecular formula is C14H18BrN3O3. The van der Waals surface area contributed by atoms with Crippen LogP contribution in [0.25, 0.3) is 0 Å². The number of halogens is 1. The molecule has 3 N–H and O–H groups in total. The molecule has 1 heterocycles. The minimum atomic E-state index is -1.07. The van der Waals surface area contributed by atoms with Crippen LogP contribution in [0.1, 0.15) is 23.2 Å². The van der Waals surface area contributed by atoms with Crippen molar-refractivity contribution in [1.82, 2.24) is 10.2 Å². The van der Waals surface area contributed by atoms with Crippen LogP contribution in [0.15, 0.2) is 22.7 Å². The van der Waals surface area contributed by atoms with Gasteiger partial charge < -0.3 is 20.6 Å². The van der Waals surface area contributed by atoms with Crippen LogP contribution >= 0.6 is 15.9 Å². The topological polar surface area (TPSA) is 81.7 Å². The normalized spacial score (nSPS) is 15.5. The van der Waals surface area contributed by atoms with E-state index in [0.29, 0.717) is 4.47 Å². The largest absolute Gasteiger partial charge is 0.478 e. The van der Waals surface area contributed by atoms with Gasteiger partial charge in [-0.05, 0) is 54.0 Å². The van der Waals surface area contributed by atoms with Crippen LogP contribution in [-0.2, 0) is 0 Å². The van der Waals surface area contributed by atoms with Gasteiger partial charge in [-0.1, -0.05) is 6.07 Å². The van der Waals surface area contributed by atoms with Gasteiger partial charge in [0.05, 0.1) is 11.3 Å². The van der Waals surface area contributed by atoms with Gasteiger partial charge in [0.2, 0.25) is 0 Å². The molecular weight excluding hydrogens is 338 g/mol. The standard InChI is InChI=1S/C14H18BrN3O3/c1-18(9-5-7-16-8-6-9)14(21)17-12-10(13(19)20)3-2-4-11(12)15/h2-4,9,16H,5-8H2,1H3,(H,17,21)(H,19,20).